The van der Waals surface area contributed by atoms with Crippen molar-refractivity contribution in [3.05, 3.63) is 29.0 Å². The molecule has 18 heavy (non-hydrogen) atoms. The molecule has 0 bridgehead atoms. The zero-order valence-corrected chi connectivity index (χ0v) is 11.5. The number of nitrogens with one attached hydrogen (secondary N) is 2. The second-order valence-corrected chi connectivity index (χ2v) is 4.72. The summed E-state index contributed by atoms with van der Waals surface area (Å²) in [5.41, 5.74) is 0.546. The molecule has 2 unspecified atom stereocenters. The lowest BCUT2D eigenvalue weighted by atomic mass is 10.2. The molecule has 1 rings (SSSR count). The SMILES string of the molecule is CCC(C)NC(=O)C(C)Nc1ccc(F)cc1Cl. The van der Waals surface area contributed by atoms with E-state index in [1.54, 1.807) is 6.92 Å². The van der Waals surface area contributed by atoms with Crippen LogP contribution >= 0.6 is 11.6 Å². The number of amides is 1. The van der Waals surface area contributed by atoms with Gasteiger partial charge < -0.3 is 10.6 Å². The summed E-state index contributed by atoms with van der Waals surface area (Å²) in [6, 6.07) is 3.73. The molecule has 0 aliphatic heterocycles. The molecule has 0 aliphatic rings. The van der Waals surface area contributed by atoms with E-state index in [1.165, 1.54) is 18.2 Å². The van der Waals surface area contributed by atoms with Crippen LogP contribution in [0.1, 0.15) is 27.2 Å². The van der Waals surface area contributed by atoms with Gasteiger partial charge in [0.05, 0.1) is 10.7 Å². The summed E-state index contributed by atoms with van der Waals surface area (Å²) in [5, 5.41) is 6.08. The van der Waals surface area contributed by atoms with Crippen molar-refractivity contribution < 1.29 is 9.18 Å². The Balaban J connectivity index is 2.63. The zero-order chi connectivity index (χ0) is 13.7. The van der Waals surface area contributed by atoms with Crippen molar-refractivity contribution in [2.24, 2.45) is 0 Å². The average molecular weight is 273 g/mol. The average Bonchev–Trinajstić information content (AvgIpc) is 2.32. The van der Waals surface area contributed by atoms with E-state index >= 15 is 0 Å². The quantitative estimate of drug-likeness (QED) is 0.864. The summed E-state index contributed by atoms with van der Waals surface area (Å²) < 4.78 is 12.9. The summed E-state index contributed by atoms with van der Waals surface area (Å²) >= 11 is 5.88. The summed E-state index contributed by atoms with van der Waals surface area (Å²) in [6.07, 6.45) is 0.871. The molecule has 100 valence electrons. The van der Waals surface area contributed by atoms with Gasteiger partial charge in [0.15, 0.2) is 0 Å². The summed E-state index contributed by atoms with van der Waals surface area (Å²) in [4.78, 5) is 11.8. The van der Waals surface area contributed by atoms with E-state index in [4.69, 9.17) is 11.6 Å². The van der Waals surface area contributed by atoms with Crippen LogP contribution < -0.4 is 10.6 Å². The number of carbonyl (C=O) groups excluding carboxylic acids is 1. The van der Waals surface area contributed by atoms with Gasteiger partial charge in [-0.25, -0.2) is 4.39 Å². The number of halogens is 2. The molecule has 5 heteroatoms. The molecule has 3 nitrogen and oxygen atoms in total. The van der Waals surface area contributed by atoms with E-state index in [1.807, 2.05) is 13.8 Å². The predicted molar refractivity (Wildman–Crippen MR) is 72.4 cm³/mol. The Labute approximate surface area is 112 Å². The van der Waals surface area contributed by atoms with E-state index in [0.717, 1.165) is 6.42 Å². The largest absolute Gasteiger partial charge is 0.373 e. The lowest BCUT2D eigenvalue weighted by molar-refractivity contribution is -0.122. The van der Waals surface area contributed by atoms with E-state index in [0.29, 0.717) is 5.69 Å². The maximum absolute atomic E-state index is 12.9. The Morgan fingerprint density at radius 1 is 1.44 bits per heavy atom. The molecule has 0 aliphatic carbocycles. The van der Waals surface area contributed by atoms with Crippen LogP contribution in [0.25, 0.3) is 0 Å². The van der Waals surface area contributed by atoms with Gasteiger partial charge in [-0.05, 0) is 38.5 Å². The van der Waals surface area contributed by atoms with Crippen molar-refractivity contribution in [1.29, 1.82) is 0 Å². The molecule has 0 aromatic heterocycles. The van der Waals surface area contributed by atoms with Crippen LogP contribution in [0.15, 0.2) is 18.2 Å². The molecule has 2 N–H and O–H groups in total. The van der Waals surface area contributed by atoms with Crippen LogP contribution in [0.4, 0.5) is 10.1 Å². The first-order chi connectivity index (χ1) is 8.43. The monoisotopic (exact) mass is 272 g/mol. The van der Waals surface area contributed by atoms with Crippen LogP contribution in [0, 0.1) is 5.82 Å². The number of anilines is 1. The smallest absolute Gasteiger partial charge is 0.242 e. The Morgan fingerprint density at radius 2 is 2.11 bits per heavy atom. The summed E-state index contributed by atoms with van der Waals surface area (Å²) in [5.74, 6) is -0.507. The lowest BCUT2D eigenvalue weighted by Gasteiger charge is -2.18. The van der Waals surface area contributed by atoms with Gasteiger partial charge in [-0.2, -0.15) is 0 Å². The highest BCUT2D eigenvalue weighted by Crippen LogP contribution is 2.23. The molecule has 0 saturated carbocycles. The van der Waals surface area contributed by atoms with Gasteiger partial charge in [0.2, 0.25) is 5.91 Å². The van der Waals surface area contributed by atoms with Gasteiger partial charge >= 0.3 is 0 Å². The Morgan fingerprint density at radius 3 is 2.67 bits per heavy atom. The van der Waals surface area contributed by atoms with Crippen LogP contribution in [0.2, 0.25) is 5.02 Å². The number of rotatable bonds is 5. The topological polar surface area (TPSA) is 41.1 Å². The maximum Gasteiger partial charge on any atom is 0.242 e. The van der Waals surface area contributed by atoms with Crippen molar-refractivity contribution in [2.75, 3.05) is 5.32 Å². The van der Waals surface area contributed by atoms with Gasteiger partial charge in [-0.1, -0.05) is 18.5 Å². The normalized spacial score (nSPS) is 13.8. The maximum atomic E-state index is 12.9. The number of carbonyl (C=O) groups is 1. The molecule has 2 atom stereocenters. The predicted octanol–water partition coefficient (Wildman–Crippen LogP) is 3.19. The van der Waals surface area contributed by atoms with Crippen molar-refractivity contribution in [2.45, 2.75) is 39.3 Å². The lowest BCUT2D eigenvalue weighted by Crippen LogP contribution is -2.41. The van der Waals surface area contributed by atoms with Crippen molar-refractivity contribution >= 4 is 23.2 Å². The van der Waals surface area contributed by atoms with Gasteiger partial charge in [-0.15, -0.1) is 0 Å². The molecule has 0 spiro atoms. The first-order valence-corrected chi connectivity index (χ1v) is 6.33. The van der Waals surface area contributed by atoms with Gasteiger partial charge in [0, 0.05) is 6.04 Å². The highest BCUT2D eigenvalue weighted by Gasteiger charge is 2.15. The van der Waals surface area contributed by atoms with E-state index in [2.05, 4.69) is 10.6 Å². The minimum absolute atomic E-state index is 0.107. The first kappa shape index (κ1) is 14.8. The fourth-order valence-corrected chi connectivity index (χ4v) is 1.60. The van der Waals surface area contributed by atoms with E-state index in [-0.39, 0.29) is 17.0 Å². The Hall–Kier alpha value is -1.29. The Bertz CT molecular complexity index is 425. The van der Waals surface area contributed by atoms with Gasteiger partial charge in [-0.3, -0.25) is 4.79 Å². The van der Waals surface area contributed by atoms with Crippen LogP contribution in [0.3, 0.4) is 0 Å². The third kappa shape index (κ3) is 4.18. The molecule has 0 fully saturated rings. The minimum Gasteiger partial charge on any atom is -0.373 e. The second kappa shape index (κ2) is 6.59. The van der Waals surface area contributed by atoms with Crippen LogP contribution in [-0.4, -0.2) is 18.0 Å². The number of benzene rings is 1. The molecule has 1 aromatic carbocycles. The Kier molecular flexibility index (Phi) is 5.41. The highest BCUT2D eigenvalue weighted by atomic mass is 35.5. The summed E-state index contributed by atoms with van der Waals surface area (Å²) in [7, 11) is 0. The minimum atomic E-state index is -0.429. The molecular formula is C13H18ClFN2O. The van der Waals surface area contributed by atoms with Crippen molar-refractivity contribution in [3.63, 3.8) is 0 Å². The van der Waals surface area contributed by atoms with Crippen molar-refractivity contribution in [3.8, 4) is 0 Å². The first-order valence-electron chi connectivity index (χ1n) is 5.96. The van der Waals surface area contributed by atoms with Gasteiger partial charge in [0.25, 0.3) is 0 Å². The van der Waals surface area contributed by atoms with Crippen molar-refractivity contribution in [1.82, 2.24) is 5.32 Å². The molecule has 0 heterocycles. The standard InChI is InChI=1S/C13H18ClFN2O/c1-4-8(2)16-13(18)9(3)17-12-6-5-10(15)7-11(12)14/h5-9,17H,4H2,1-3H3,(H,16,18). The van der Waals surface area contributed by atoms with Gasteiger partial charge in [0.1, 0.15) is 11.9 Å². The summed E-state index contributed by atoms with van der Waals surface area (Å²) in [6.45, 7) is 5.67. The van der Waals surface area contributed by atoms with E-state index in [9.17, 15) is 9.18 Å². The molecule has 1 aromatic rings. The third-order valence-electron chi connectivity index (χ3n) is 2.70. The number of hydrogen-bond acceptors (Lipinski definition) is 2. The molecule has 0 saturated heterocycles. The second-order valence-electron chi connectivity index (χ2n) is 4.31. The third-order valence-corrected chi connectivity index (χ3v) is 3.01. The fraction of sp³-hybridized carbons (Fsp3) is 0.462. The highest BCUT2D eigenvalue weighted by molar-refractivity contribution is 6.33. The van der Waals surface area contributed by atoms with Crippen LogP contribution in [0.5, 0.6) is 0 Å². The zero-order valence-electron chi connectivity index (χ0n) is 10.8. The van der Waals surface area contributed by atoms with E-state index < -0.39 is 11.9 Å². The molecule has 1 amide bonds. The molecule has 0 radical (unpaired) electrons. The fourth-order valence-electron chi connectivity index (χ4n) is 1.38. The number of hydrogen-bond donors (Lipinski definition) is 2. The van der Waals surface area contributed by atoms with Crippen LogP contribution in [-0.2, 0) is 4.79 Å². The molecular weight excluding hydrogens is 255 g/mol.